The Morgan fingerprint density at radius 2 is 1.94 bits per heavy atom. The van der Waals surface area contributed by atoms with E-state index < -0.39 is 0 Å². The Morgan fingerprint density at radius 1 is 1.03 bits per heavy atom. The molecule has 1 atom stereocenters. The third-order valence-corrected chi connectivity index (χ3v) is 7.16. The van der Waals surface area contributed by atoms with E-state index in [1.165, 1.54) is 6.07 Å². The SMILES string of the molecule is CC1CN(c2nc3ccccc3c3nnc(-c4cccs4)n23)CCN1Cc1cccc(F)c1. The number of anilines is 1. The summed E-state index contributed by atoms with van der Waals surface area (Å²) in [6.45, 7) is 5.46. The Labute approximate surface area is 194 Å². The van der Waals surface area contributed by atoms with Crippen LogP contribution in [0.5, 0.6) is 0 Å². The van der Waals surface area contributed by atoms with Crippen LogP contribution >= 0.6 is 11.3 Å². The van der Waals surface area contributed by atoms with Crippen molar-refractivity contribution in [1.82, 2.24) is 24.5 Å². The minimum atomic E-state index is -0.185. The lowest BCUT2D eigenvalue weighted by Gasteiger charge is -2.40. The summed E-state index contributed by atoms with van der Waals surface area (Å²) < 4.78 is 15.8. The quantitative estimate of drug-likeness (QED) is 0.385. The van der Waals surface area contributed by atoms with Crippen molar-refractivity contribution in [2.45, 2.75) is 19.5 Å². The number of fused-ring (bicyclic) bond motifs is 3. The summed E-state index contributed by atoms with van der Waals surface area (Å²) in [6.07, 6.45) is 0. The van der Waals surface area contributed by atoms with Crippen molar-refractivity contribution in [2.24, 2.45) is 0 Å². The molecule has 0 spiro atoms. The van der Waals surface area contributed by atoms with Crippen LogP contribution in [0.3, 0.4) is 0 Å². The number of para-hydroxylation sites is 1. The zero-order valence-corrected chi connectivity index (χ0v) is 19.0. The molecule has 1 aliphatic heterocycles. The van der Waals surface area contributed by atoms with E-state index in [0.29, 0.717) is 0 Å². The fraction of sp³-hybridized carbons (Fsp3) is 0.240. The van der Waals surface area contributed by atoms with Crippen molar-refractivity contribution in [1.29, 1.82) is 0 Å². The third kappa shape index (κ3) is 3.65. The maximum atomic E-state index is 13.7. The highest BCUT2D eigenvalue weighted by Crippen LogP contribution is 2.31. The molecule has 8 heteroatoms. The summed E-state index contributed by atoms with van der Waals surface area (Å²) >= 11 is 1.65. The normalized spacial score (nSPS) is 17.3. The van der Waals surface area contributed by atoms with Gasteiger partial charge in [-0.3, -0.25) is 4.90 Å². The third-order valence-electron chi connectivity index (χ3n) is 6.29. The van der Waals surface area contributed by atoms with Crippen LogP contribution in [0.2, 0.25) is 0 Å². The summed E-state index contributed by atoms with van der Waals surface area (Å²) in [6, 6.07) is 19.4. The molecule has 0 radical (unpaired) electrons. The smallest absolute Gasteiger partial charge is 0.213 e. The average molecular weight is 459 g/mol. The molecular weight excluding hydrogens is 435 g/mol. The number of rotatable bonds is 4. The van der Waals surface area contributed by atoms with Gasteiger partial charge in [0, 0.05) is 37.6 Å². The summed E-state index contributed by atoms with van der Waals surface area (Å²) in [5.41, 5.74) is 2.74. The summed E-state index contributed by atoms with van der Waals surface area (Å²) in [5, 5.41) is 12.2. The van der Waals surface area contributed by atoms with Gasteiger partial charge in [-0.2, -0.15) is 0 Å². The van der Waals surface area contributed by atoms with Crippen LogP contribution in [-0.2, 0) is 6.54 Å². The largest absolute Gasteiger partial charge is 0.339 e. The van der Waals surface area contributed by atoms with Gasteiger partial charge < -0.3 is 4.90 Å². The highest BCUT2D eigenvalue weighted by atomic mass is 32.1. The molecule has 1 aliphatic rings. The molecule has 1 saturated heterocycles. The van der Waals surface area contributed by atoms with E-state index in [1.807, 2.05) is 36.4 Å². The van der Waals surface area contributed by atoms with Crippen molar-refractivity contribution >= 4 is 33.8 Å². The number of aromatic nitrogens is 4. The van der Waals surface area contributed by atoms with Crippen LogP contribution in [0, 0.1) is 5.82 Å². The Morgan fingerprint density at radius 3 is 2.76 bits per heavy atom. The lowest BCUT2D eigenvalue weighted by atomic mass is 10.1. The van der Waals surface area contributed by atoms with Gasteiger partial charge in [0.2, 0.25) is 5.95 Å². The van der Waals surface area contributed by atoms with Crippen LogP contribution in [0.25, 0.3) is 27.3 Å². The molecule has 166 valence electrons. The predicted octanol–water partition coefficient (Wildman–Crippen LogP) is 4.86. The van der Waals surface area contributed by atoms with Crippen molar-refractivity contribution in [2.75, 3.05) is 24.5 Å². The van der Waals surface area contributed by atoms with Crippen LogP contribution < -0.4 is 4.90 Å². The molecule has 4 heterocycles. The molecule has 1 fully saturated rings. The van der Waals surface area contributed by atoms with Crippen molar-refractivity contribution < 1.29 is 4.39 Å². The molecule has 33 heavy (non-hydrogen) atoms. The molecular formula is C25H23FN6S. The average Bonchev–Trinajstić information content (AvgIpc) is 3.50. The van der Waals surface area contributed by atoms with E-state index in [0.717, 1.165) is 64.9 Å². The first-order valence-electron chi connectivity index (χ1n) is 11.1. The first kappa shape index (κ1) is 20.3. The van der Waals surface area contributed by atoms with Crippen molar-refractivity contribution in [3.8, 4) is 10.7 Å². The number of nitrogens with zero attached hydrogens (tertiary/aromatic N) is 6. The number of hydrogen-bond acceptors (Lipinski definition) is 6. The van der Waals surface area contributed by atoms with Gasteiger partial charge in [-0.1, -0.05) is 30.3 Å². The number of thiophene rings is 1. The van der Waals surface area contributed by atoms with Crippen molar-refractivity contribution in [3.63, 3.8) is 0 Å². The van der Waals surface area contributed by atoms with E-state index in [4.69, 9.17) is 4.98 Å². The van der Waals surface area contributed by atoms with Gasteiger partial charge in [0.05, 0.1) is 10.4 Å². The monoisotopic (exact) mass is 458 g/mol. The molecule has 1 unspecified atom stereocenters. The molecule has 0 aliphatic carbocycles. The molecule has 6 nitrogen and oxygen atoms in total. The molecule has 2 aromatic carbocycles. The van der Waals surface area contributed by atoms with E-state index >= 15 is 0 Å². The van der Waals surface area contributed by atoms with Crippen LogP contribution in [0.15, 0.2) is 66.0 Å². The maximum Gasteiger partial charge on any atom is 0.213 e. The molecule has 0 N–H and O–H groups in total. The predicted molar refractivity (Wildman–Crippen MR) is 130 cm³/mol. The second kappa shape index (κ2) is 8.20. The topological polar surface area (TPSA) is 49.6 Å². The van der Waals surface area contributed by atoms with E-state index in [-0.39, 0.29) is 11.9 Å². The second-order valence-corrected chi connectivity index (χ2v) is 9.43. The molecule has 5 aromatic rings. The summed E-state index contributed by atoms with van der Waals surface area (Å²) in [4.78, 5) is 10.9. The van der Waals surface area contributed by atoms with Crippen LogP contribution in [0.4, 0.5) is 10.3 Å². The van der Waals surface area contributed by atoms with E-state index in [2.05, 4.69) is 42.8 Å². The minimum Gasteiger partial charge on any atom is -0.339 e. The fourth-order valence-corrected chi connectivity index (χ4v) is 5.32. The molecule has 0 amide bonds. The van der Waals surface area contributed by atoms with Gasteiger partial charge >= 0.3 is 0 Å². The van der Waals surface area contributed by atoms with Gasteiger partial charge in [-0.15, -0.1) is 21.5 Å². The first-order chi connectivity index (χ1) is 16.2. The Bertz CT molecular complexity index is 1430. The standard InChI is InChI=1S/C25H23FN6S/c1-17-15-31(12-11-30(17)16-18-6-4-7-19(26)14-18)25-27-21-9-3-2-8-20(21)23-28-29-24(32(23)25)22-10-5-13-33-22/h2-10,13-14,17H,11-12,15-16H2,1H3. The highest BCUT2D eigenvalue weighted by molar-refractivity contribution is 7.13. The maximum absolute atomic E-state index is 13.7. The number of halogens is 1. The molecule has 6 rings (SSSR count). The number of piperazine rings is 1. The summed E-state index contributed by atoms with van der Waals surface area (Å²) in [7, 11) is 0. The van der Waals surface area contributed by atoms with Gasteiger partial charge in [0.1, 0.15) is 5.82 Å². The van der Waals surface area contributed by atoms with Gasteiger partial charge in [0.15, 0.2) is 11.5 Å². The van der Waals surface area contributed by atoms with Gasteiger partial charge in [-0.25, -0.2) is 13.8 Å². The number of hydrogen-bond donors (Lipinski definition) is 0. The van der Waals surface area contributed by atoms with Crippen LogP contribution in [0.1, 0.15) is 12.5 Å². The molecule has 0 saturated carbocycles. The minimum absolute atomic E-state index is 0.185. The Kier molecular flexibility index (Phi) is 5.04. The van der Waals surface area contributed by atoms with Crippen molar-refractivity contribution in [3.05, 3.63) is 77.4 Å². The van der Waals surface area contributed by atoms with Gasteiger partial charge in [0.25, 0.3) is 0 Å². The summed E-state index contributed by atoms with van der Waals surface area (Å²) in [5.74, 6) is 1.51. The van der Waals surface area contributed by atoms with E-state index in [1.54, 1.807) is 23.5 Å². The van der Waals surface area contributed by atoms with Gasteiger partial charge in [-0.05, 0) is 48.2 Å². The van der Waals surface area contributed by atoms with E-state index in [9.17, 15) is 4.39 Å². The Hall–Kier alpha value is -3.36. The first-order valence-corrected chi connectivity index (χ1v) is 12.0. The lowest BCUT2D eigenvalue weighted by Crippen LogP contribution is -2.52. The zero-order valence-electron chi connectivity index (χ0n) is 18.2. The second-order valence-electron chi connectivity index (χ2n) is 8.48. The lowest BCUT2D eigenvalue weighted by molar-refractivity contribution is 0.180. The molecule has 3 aromatic heterocycles. The zero-order chi connectivity index (χ0) is 22.4. The Balaban J connectivity index is 1.38. The fourth-order valence-electron chi connectivity index (χ4n) is 4.63. The molecule has 0 bridgehead atoms. The van der Waals surface area contributed by atoms with Crippen LogP contribution in [-0.4, -0.2) is 50.2 Å². The highest BCUT2D eigenvalue weighted by Gasteiger charge is 2.28. The number of benzene rings is 2.